The van der Waals surface area contributed by atoms with Gasteiger partial charge >= 0.3 is 5.97 Å². The third-order valence-electron chi connectivity index (χ3n) is 3.54. The summed E-state index contributed by atoms with van der Waals surface area (Å²) in [6.07, 6.45) is 1.48. The molecular formula is C12H20N4O3. The molecule has 7 heteroatoms. The van der Waals surface area contributed by atoms with E-state index in [-0.39, 0.29) is 24.8 Å². The van der Waals surface area contributed by atoms with Gasteiger partial charge in [0.05, 0.1) is 12.0 Å². The van der Waals surface area contributed by atoms with Crippen LogP contribution < -0.4 is 5.32 Å². The second kappa shape index (κ2) is 5.81. The number of hydrogen-bond donors (Lipinski definition) is 2. The van der Waals surface area contributed by atoms with Crippen molar-refractivity contribution in [1.82, 2.24) is 20.1 Å². The first-order valence-corrected chi connectivity index (χ1v) is 6.10. The van der Waals surface area contributed by atoms with Gasteiger partial charge in [-0.05, 0) is 12.8 Å². The first-order chi connectivity index (χ1) is 8.77. The number of amides is 1. The highest BCUT2D eigenvalue weighted by Crippen LogP contribution is 2.31. The lowest BCUT2D eigenvalue weighted by Gasteiger charge is -2.28. The summed E-state index contributed by atoms with van der Waals surface area (Å²) in [5.74, 6) is -0.779. The van der Waals surface area contributed by atoms with Crippen LogP contribution in [0.25, 0.3) is 0 Å². The third kappa shape index (κ3) is 3.52. The van der Waals surface area contributed by atoms with Gasteiger partial charge in [-0.1, -0.05) is 13.8 Å². The van der Waals surface area contributed by atoms with Gasteiger partial charge in [-0.2, -0.15) is 0 Å². The molecule has 7 nitrogen and oxygen atoms in total. The van der Waals surface area contributed by atoms with Crippen molar-refractivity contribution in [2.45, 2.75) is 33.7 Å². The van der Waals surface area contributed by atoms with Crippen LogP contribution in [0.4, 0.5) is 0 Å². The van der Waals surface area contributed by atoms with Crippen molar-refractivity contribution in [3.8, 4) is 0 Å². The molecule has 0 fully saturated rings. The van der Waals surface area contributed by atoms with Crippen molar-refractivity contribution in [1.29, 1.82) is 0 Å². The molecule has 1 aromatic heterocycles. The van der Waals surface area contributed by atoms with Crippen LogP contribution in [0.15, 0.2) is 6.33 Å². The Morgan fingerprint density at radius 1 is 1.53 bits per heavy atom. The van der Waals surface area contributed by atoms with Crippen molar-refractivity contribution in [3.05, 3.63) is 12.2 Å². The van der Waals surface area contributed by atoms with E-state index in [9.17, 15) is 14.7 Å². The predicted octanol–water partition coefficient (Wildman–Crippen LogP) is 0.568. The number of nitrogens with zero attached hydrogens (tertiary/aromatic N) is 3. The van der Waals surface area contributed by atoms with Crippen molar-refractivity contribution >= 4 is 11.9 Å². The molecule has 0 bridgehead atoms. The molecule has 1 atom stereocenters. The fourth-order valence-electron chi connectivity index (χ4n) is 1.57. The normalized spacial score (nSPS) is 14.2. The first kappa shape index (κ1) is 15.1. The summed E-state index contributed by atoms with van der Waals surface area (Å²) in [5.41, 5.74) is -1.07. The van der Waals surface area contributed by atoms with Crippen LogP contribution in [0.3, 0.4) is 0 Å². The van der Waals surface area contributed by atoms with Crippen LogP contribution in [0.5, 0.6) is 0 Å². The Morgan fingerprint density at radius 2 is 2.16 bits per heavy atom. The molecule has 0 radical (unpaired) electrons. The molecule has 1 rings (SSSR count). The van der Waals surface area contributed by atoms with Crippen LogP contribution in [0.1, 0.15) is 33.0 Å². The van der Waals surface area contributed by atoms with Gasteiger partial charge in [0.2, 0.25) is 5.91 Å². The number of hydrogen-bond acceptors (Lipinski definition) is 4. The number of carboxylic acids is 1. The minimum atomic E-state index is -1.07. The molecule has 0 spiro atoms. The van der Waals surface area contributed by atoms with E-state index in [4.69, 9.17) is 0 Å². The molecule has 1 amide bonds. The quantitative estimate of drug-likeness (QED) is 0.786. The number of carbonyl (C=O) groups is 2. The Kier molecular flexibility index (Phi) is 4.63. The minimum Gasteiger partial charge on any atom is -0.481 e. The monoisotopic (exact) mass is 268 g/mol. The molecule has 0 saturated carbocycles. The number of aromatic nitrogens is 3. The minimum absolute atomic E-state index is 0.0577. The van der Waals surface area contributed by atoms with Crippen LogP contribution in [-0.4, -0.2) is 31.7 Å². The highest BCUT2D eigenvalue weighted by molar-refractivity contribution is 5.84. The van der Waals surface area contributed by atoms with Crippen LogP contribution in [0.2, 0.25) is 0 Å². The molecule has 0 aliphatic heterocycles. The third-order valence-corrected chi connectivity index (χ3v) is 3.54. The molecule has 1 heterocycles. The van der Waals surface area contributed by atoms with Crippen LogP contribution >= 0.6 is 0 Å². The molecule has 1 aromatic rings. The molecule has 0 aromatic carbocycles. The lowest BCUT2D eigenvalue weighted by Crippen LogP contribution is -2.39. The molecule has 1 unspecified atom stereocenters. The second-order valence-corrected chi connectivity index (χ2v) is 5.19. The van der Waals surface area contributed by atoms with Gasteiger partial charge in [-0.25, -0.2) is 0 Å². The topological polar surface area (TPSA) is 97.1 Å². The first-order valence-electron chi connectivity index (χ1n) is 6.10. The van der Waals surface area contributed by atoms with Crippen LogP contribution in [-0.2, 0) is 23.2 Å². The Labute approximate surface area is 112 Å². The highest BCUT2D eigenvalue weighted by atomic mass is 16.4. The maximum Gasteiger partial charge on any atom is 0.310 e. The smallest absolute Gasteiger partial charge is 0.310 e. The summed E-state index contributed by atoms with van der Waals surface area (Å²) in [6.45, 7) is 5.42. The van der Waals surface area contributed by atoms with Crippen LogP contribution in [0, 0.1) is 11.3 Å². The molecule has 0 saturated heterocycles. The number of carboxylic acid groups (broad SMARTS) is 1. The maximum absolute atomic E-state index is 11.8. The Morgan fingerprint density at radius 3 is 2.58 bits per heavy atom. The zero-order valence-electron chi connectivity index (χ0n) is 11.7. The lowest BCUT2D eigenvalue weighted by atomic mass is 9.76. The standard InChI is InChI=1S/C12H20N4O3/c1-8(2)12(3,11(18)19)5-10(17)13-6-9-15-14-7-16(9)4/h7-8H,5-6H2,1-4H3,(H,13,17)(H,18,19). The maximum atomic E-state index is 11.8. The van der Waals surface area contributed by atoms with Crippen molar-refractivity contribution in [2.24, 2.45) is 18.4 Å². The Hall–Kier alpha value is -1.92. The second-order valence-electron chi connectivity index (χ2n) is 5.19. The van der Waals surface area contributed by atoms with Crippen molar-refractivity contribution in [2.75, 3.05) is 0 Å². The van der Waals surface area contributed by atoms with E-state index in [0.717, 1.165) is 0 Å². The van der Waals surface area contributed by atoms with Gasteiger partial charge in [-0.3, -0.25) is 9.59 Å². The lowest BCUT2D eigenvalue weighted by molar-refractivity contribution is -0.153. The number of carbonyl (C=O) groups excluding carboxylic acids is 1. The van der Waals surface area contributed by atoms with Crippen molar-refractivity contribution < 1.29 is 14.7 Å². The van der Waals surface area contributed by atoms with E-state index in [1.807, 2.05) is 0 Å². The van der Waals surface area contributed by atoms with Gasteiger partial charge in [0.15, 0.2) is 5.82 Å². The average molecular weight is 268 g/mol. The molecule has 0 aliphatic rings. The molecule has 2 N–H and O–H groups in total. The summed E-state index contributed by atoms with van der Waals surface area (Å²) < 4.78 is 1.69. The number of aliphatic carboxylic acids is 1. The van der Waals surface area contributed by atoms with Gasteiger partial charge in [0.25, 0.3) is 0 Å². The van der Waals surface area contributed by atoms with Crippen molar-refractivity contribution in [3.63, 3.8) is 0 Å². The fraction of sp³-hybridized carbons (Fsp3) is 0.667. The van der Waals surface area contributed by atoms with Gasteiger partial charge in [0, 0.05) is 13.5 Å². The summed E-state index contributed by atoms with van der Waals surface area (Å²) in [5, 5.41) is 19.4. The molecule has 19 heavy (non-hydrogen) atoms. The zero-order chi connectivity index (χ0) is 14.6. The number of aryl methyl sites for hydroxylation is 1. The van der Waals surface area contributed by atoms with E-state index >= 15 is 0 Å². The molecule has 0 aliphatic carbocycles. The van der Waals surface area contributed by atoms with E-state index in [1.54, 1.807) is 32.4 Å². The van der Waals surface area contributed by atoms with Gasteiger partial charge in [-0.15, -0.1) is 10.2 Å². The fourth-order valence-corrected chi connectivity index (χ4v) is 1.57. The van der Waals surface area contributed by atoms with E-state index in [0.29, 0.717) is 5.82 Å². The predicted molar refractivity (Wildman–Crippen MR) is 68.0 cm³/mol. The van der Waals surface area contributed by atoms with Gasteiger partial charge in [0.1, 0.15) is 6.33 Å². The van der Waals surface area contributed by atoms with E-state index in [1.165, 1.54) is 6.33 Å². The zero-order valence-corrected chi connectivity index (χ0v) is 11.7. The number of nitrogens with one attached hydrogen (secondary N) is 1. The summed E-state index contributed by atoms with van der Waals surface area (Å²) in [7, 11) is 1.77. The SMILES string of the molecule is CC(C)C(C)(CC(=O)NCc1nncn1C)C(=O)O. The molecule has 106 valence electrons. The highest BCUT2D eigenvalue weighted by Gasteiger charge is 2.38. The Balaban J connectivity index is 2.60. The number of rotatable bonds is 6. The largest absolute Gasteiger partial charge is 0.481 e. The van der Waals surface area contributed by atoms with Gasteiger partial charge < -0.3 is 15.0 Å². The summed E-state index contributed by atoms with van der Waals surface area (Å²) in [6, 6.07) is 0. The molecular weight excluding hydrogens is 248 g/mol. The average Bonchev–Trinajstić information content (AvgIpc) is 2.71. The summed E-state index contributed by atoms with van der Waals surface area (Å²) >= 11 is 0. The van der Waals surface area contributed by atoms with E-state index in [2.05, 4.69) is 15.5 Å². The summed E-state index contributed by atoms with van der Waals surface area (Å²) in [4.78, 5) is 23.1. The van der Waals surface area contributed by atoms with E-state index < -0.39 is 11.4 Å². The Bertz CT molecular complexity index is 469.